The van der Waals surface area contributed by atoms with E-state index >= 15 is 0 Å². The number of hydrogen-bond acceptors (Lipinski definition) is 4. The molecule has 1 aromatic rings. The fourth-order valence-corrected chi connectivity index (χ4v) is 1.21. The molecule has 0 N–H and O–H groups in total. The zero-order valence-electron chi connectivity index (χ0n) is 7.30. The first-order valence-electron chi connectivity index (χ1n) is 4.22. The fourth-order valence-electron chi connectivity index (χ4n) is 1.21. The number of rotatable bonds is 2. The molecule has 14 heavy (non-hydrogen) atoms. The second-order valence-corrected chi connectivity index (χ2v) is 2.92. The van der Waals surface area contributed by atoms with Gasteiger partial charge in [-0.25, -0.2) is 4.79 Å². The van der Waals surface area contributed by atoms with Crippen LogP contribution in [0, 0.1) is 0 Å². The number of esters is 2. The molecule has 1 saturated heterocycles. The van der Waals surface area contributed by atoms with Gasteiger partial charge in [0.25, 0.3) is 0 Å². The molecule has 1 heterocycles. The Bertz CT molecular complexity index is 358. The van der Waals surface area contributed by atoms with Gasteiger partial charge >= 0.3 is 11.9 Å². The van der Waals surface area contributed by atoms with E-state index in [0.717, 1.165) is 0 Å². The molecule has 0 aromatic heterocycles. The summed E-state index contributed by atoms with van der Waals surface area (Å²) in [6.07, 6.45) is -0.793. The molecule has 0 spiro atoms. The van der Waals surface area contributed by atoms with Crippen molar-refractivity contribution < 1.29 is 19.1 Å². The molecular formula is C10H8O4. The van der Waals surface area contributed by atoms with E-state index in [2.05, 4.69) is 4.74 Å². The third-order valence-corrected chi connectivity index (χ3v) is 1.85. The van der Waals surface area contributed by atoms with E-state index in [4.69, 9.17) is 4.74 Å². The van der Waals surface area contributed by atoms with Gasteiger partial charge < -0.3 is 9.47 Å². The van der Waals surface area contributed by atoms with E-state index in [1.807, 2.05) is 6.07 Å². The van der Waals surface area contributed by atoms with Gasteiger partial charge in [-0.3, -0.25) is 4.79 Å². The monoisotopic (exact) mass is 192 g/mol. The second kappa shape index (κ2) is 3.49. The van der Waals surface area contributed by atoms with Crippen molar-refractivity contribution in [3.05, 3.63) is 30.3 Å². The van der Waals surface area contributed by atoms with Crippen LogP contribution in [-0.4, -0.2) is 18.0 Å². The maximum atomic E-state index is 11.0. The van der Waals surface area contributed by atoms with Crippen LogP contribution in [0.25, 0.3) is 0 Å². The minimum absolute atomic E-state index is 0.00622. The van der Waals surface area contributed by atoms with Crippen LogP contribution < -0.4 is 4.74 Å². The number of carbonyl (C=O) groups excluding carboxylic acids is 2. The molecule has 1 fully saturated rings. The summed E-state index contributed by atoms with van der Waals surface area (Å²) in [4.78, 5) is 21.8. The highest BCUT2D eigenvalue weighted by atomic mass is 16.6. The molecule has 4 nitrogen and oxygen atoms in total. The largest absolute Gasteiger partial charge is 0.478 e. The van der Waals surface area contributed by atoms with Gasteiger partial charge in [0.2, 0.25) is 6.10 Å². The van der Waals surface area contributed by atoms with Crippen LogP contribution in [-0.2, 0) is 14.3 Å². The maximum Gasteiger partial charge on any atom is 0.355 e. The molecule has 1 unspecified atom stereocenters. The molecule has 72 valence electrons. The first-order valence-corrected chi connectivity index (χ1v) is 4.22. The Morgan fingerprint density at radius 1 is 1.21 bits per heavy atom. The average molecular weight is 192 g/mol. The van der Waals surface area contributed by atoms with Crippen molar-refractivity contribution in [2.24, 2.45) is 0 Å². The van der Waals surface area contributed by atoms with Gasteiger partial charge in [-0.15, -0.1) is 0 Å². The van der Waals surface area contributed by atoms with E-state index in [1.54, 1.807) is 24.3 Å². The molecule has 1 aliphatic heterocycles. The summed E-state index contributed by atoms with van der Waals surface area (Å²) in [6, 6.07) is 8.85. The Morgan fingerprint density at radius 3 is 2.50 bits per heavy atom. The summed E-state index contributed by atoms with van der Waals surface area (Å²) in [6.45, 7) is 0. The Labute approximate surface area is 80.4 Å². The standard InChI is InChI=1S/C10H8O4/c11-9-6-8(10(12)14-9)13-7-4-2-1-3-5-7/h1-5,8H,6H2. The highest BCUT2D eigenvalue weighted by Gasteiger charge is 2.35. The van der Waals surface area contributed by atoms with Gasteiger partial charge in [0.15, 0.2) is 0 Å². The lowest BCUT2D eigenvalue weighted by Crippen LogP contribution is -2.21. The molecular weight excluding hydrogens is 184 g/mol. The molecule has 4 heteroatoms. The van der Waals surface area contributed by atoms with Crippen molar-refractivity contribution in [2.45, 2.75) is 12.5 Å². The number of benzene rings is 1. The van der Waals surface area contributed by atoms with Gasteiger partial charge in [0.1, 0.15) is 5.75 Å². The lowest BCUT2D eigenvalue weighted by molar-refractivity contribution is -0.154. The summed E-state index contributed by atoms with van der Waals surface area (Å²) in [5, 5.41) is 0. The maximum absolute atomic E-state index is 11.0. The smallest absolute Gasteiger partial charge is 0.355 e. The third kappa shape index (κ3) is 1.74. The van der Waals surface area contributed by atoms with Gasteiger partial charge in [0, 0.05) is 0 Å². The second-order valence-electron chi connectivity index (χ2n) is 2.92. The third-order valence-electron chi connectivity index (χ3n) is 1.85. The fraction of sp³-hybridized carbons (Fsp3) is 0.200. The Hall–Kier alpha value is -1.84. The Kier molecular flexibility index (Phi) is 2.18. The minimum atomic E-state index is -0.787. The number of ether oxygens (including phenoxy) is 2. The van der Waals surface area contributed by atoms with Gasteiger partial charge in [0.05, 0.1) is 6.42 Å². The van der Waals surface area contributed by atoms with Gasteiger partial charge in [-0.1, -0.05) is 18.2 Å². The highest BCUT2D eigenvalue weighted by Crippen LogP contribution is 2.17. The van der Waals surface area contributed by atoms with Crippen LogP contribution in [0.3, 0.4) is 0 Å². The van der Waals surface area contributed by atoms with Crippen molar-refractivity contribution in [1.82, 2.24) is 0 Å². The van der Waals surface area contributed by atoms with Crippen molar-refractivity contribution in [2.75, 3.05) is 0 Å². The molecule has 0 aliphatic carbocycles. The zero-order chi connectivity index (χ0) is 9.97. The highest BCUT2D eigenvalue weighted by molar-refractivity contribution is 5.96. The normalized spacial score (nSPS) is 20.7. The van der Waals surface area contributed by atoms with E-state index in [-0.39, 0.29) is 6.42 Å². The quantitative estimate of drug-likeness (QED) is 0.516. The number of hydrogen-bond donors (Lipinski definition) is 0. The molecule has 0 radical (unpaired) electrons. The molecule has 0 bridgehead atoms. The summed E-state index contributed by atoms with van der Waals surface area (Å²) in [5.74, 6) is -0.584. The van der Waals surface area contributed by atoms with E-state index in [0.29, 0.717) is 5.75 Å². The molecule has 1 atom stereocenters. The van der Waals surface area contributed by atoms with E-state index < -0.39 is 18.0 Å². The minimum Gasteiger partial charge on any atom is -0.478 e. The molecule has 0 saturated carbocycles. The van der Waals surface area contributed by atoms with Crippen molar-refractivity contribution in [3.8, 4) is 5.75 Å². The number of para-hydroxylation sites is 1. The molecule has 2 rings (SSSR count). The number of cyclic esters (lactones) is 2. The van der Waals surface area contributed by atoms with Gasteiger partial charge in [-0.05, 0) is 12.1 Å². The molecule has 1 aliphatic rings. The van der Waals surface area contributed by atoms with Crippen molar-refractivity contribution in [3.63, 3.8) is 0 Å². The van der Waals surface area contributed by atoms with Crippen LogP contribution in [0.1, 0.15) is 6.42 Å². The van der Waals surface area contributed by atoms with E-state index in [9.17, 15) is 9.59 Å². The average Bonchev–Trinajstić information content (AvgIpc) is 2.47. The topological polar surface area (TPSA) is 52.6 Å². The summed E-state index contributed by atoms with van der Waals surface area (Å²) < 4.78 is 9.61. The molecule has 0 amide bonds. The predicted molar refractivity (Wildman–Crippen MR) is 46.6 cm³/mol. The SMILES string of the molecule is O=C1CC(Oc2ccccc2)C(=O)O1. The number of carbonyl (C=O) groups is 2. The Balaban J connectivity index is 2.05. The zero-order valence-corrected chi connectivity index (χ0v) is 7.30. The summed E-state index contributed by atoms with van der Waals surface area (Å²) >= 11 is 0. The van der Waals surface area contributed by atoms with Crippen LogP contribution in [0.5, 0.6) is 5.75 Å². The van der Waals surface area contributed by atoms with Crippen LogP contribution in [0.15, 0.2) is 30.3 Å². The summed E-state index contributed by atoms with van der Waals surface area (Å²) in [5.41, 5.74) is 0. The van der Waals surface area contributed by atoms with Crippen molar-refractivity contribution >= 4 is 11.9 Å². The first kappa shape index (κ1) is 8.74. The lowest BCUT2D eigenvalue weighted by atomic mass is 10.3. The lowest BCUT2D eigenvalue weighted by Gasteiger charge is -2.07. The first-order chi connectivity index (χ1) is 6.75. The van der Waals surface area contributed by atoms with Gasteiger partial charge in [-0.2, -0.15) is 0 Å². The van der Waals surface area contributed by atoms with Crippen LogP contribution >= 0.6 is 0 Å². The van der Waals surface area contributed by atoms with Crippen molar-refractivity contribution in [1.29, 1.82) is 0 Å². The summed E-state index contributed by atoms with van der Waals surface area (Å²) in [7, 11) is 0. The predicted octanol–water partition coefficient (Wildman–Crippen LogP) is 0.907. The molecule has 1 aromatic carbocycles. The Morgan fingerprint density at radius 2 is 1.93 bits per heavy atom. The van der Waals surface area contributed by atoms with Crippen LogP contribution in [0.4, 0.5) is 0 Å². The van der Waals surface area contributed by atoms with E-state index in [1.165, 1.54) is 0 Å². The van der Waals surface area contributed by atoms with Crippen LogP contribution in [0.2, 0.25) is 0 Å².